The lowest BCUT2D eigenvalue weighted by molar-refractivity contribution is 0.414. The third-order valence-electron chi connectivity index (χ3n) is 4.80. The monoisotopic (exact) mass is 330 g/mol. The fourth-order valence-electron chi connectivity index (χ4n) is 3.49. The minimum absolute atomic E-state index is 0.244. The molecule has 1 aliphatic carbocycles. The molecule has 4 rings (SSSR count). The summed E-state index contributed by atoms with van der Waals surface area (Å²) in [4.78, 5) is 4.80. The molecule has 2 aromatic heterocycles. The van der Waals surface area contributed by atoms with Gasteiger partial charge in [-0.1, -0.05) is 13.0 Å². The predicted octanol–water partition coefficient (Wildman–Crippen LogP) is 3.91. The molecule has 0 spiro atoms. The van der Waals surface area contributed by atoms with Gasteiger partial charge in [0.15, 0.2) is 0 Å². The smallest absolute Gasteiger partial charge is 0.140 e. The van der Waals surface area contributed by atoms with E-state index in [1.165, 1.54) is 11.1 Å². The number of aromatic nitrogens is 2. The van der Waals surface area contributed by atoms with Gasteiger partial charge in [0.1, 0.15) is 22.9 Å². The molecule has 5 heteroatoms. The van der Waals surface area contributed by atoms with Crippen molar-refractivity contribution >= 4 is 23.1 Å². The summed E-state index contributed by atoms with van der Waals surface area (Å²) in [5, 5.41) is 12.4. The molecule has 0 saturated heterocycles. The van der Waals surface area contributed by atoms with Gasteiger partial charge >= 0.3 is 0 Å². The first-order valence-corrected chi connectivity index (χ1v) is 8.16. The summed E-state index contributed by atoms with van der Waals surface area (Å²) in [5.74, 6) is 2.02. The maximum atomic E-state index is 9.13. The highest BCUT2D eigenvalue weighted by Gasteiger charge is 2.27. The maximum absolute atomic E-state index is 9.13. The van der Waals surface area contributed by atoms with Crippen LogP contribution in [0.3, 0.4) is 0 Å². The molecule has 0 fully saturated rings. The third kappa shape index (κ3) is 2.26. The average Bonchev–Trinajstić information content (AvgIpc) is 3.17. The van der Waals surface area contributed by atoms with Crippen LogP contribution in [0.4, 0.5) is 5.82 Å². The average molecular weight is 330 g/mol. The van der Waals surface area contributed by atoms with E-state index in [0.717, 1.165) is 28.5 Å². The molecule has 0 amide bonds. The molecule has 1 unspecified atom stereocenters. The molecule has 0 saturated carbocycles. The minimum Gasteiger partial charge on any atom is -0.497 e. The van der Waals surface area contributed by atoms with Gasteiger partial charge in [0.2, 0.25) is 0 Å². The van der Waals surface area contributed by atoms with Crippen LogP contribution in [-0.2, 0) is 0 Å². The van der Waals surface area contributed by atoms with Crippen LogP contribution in [0.1, 0.15) is 35.2 Å². The van der Waals surface area contributed by atoms with E-state index in [1.807, 2.05) is 23.7 Å². The number of anilines is 1. The number of nitrogens with zero attached hydrogens (tertiary/aromatic N) is 3. The van der Waals surface area contributed by atoms with Gasteiger partial charge in [-0.3, -0.25) is 4.40 Å². The summed E-state index contributed by atoms with van der Waals surface area (Å²) < 4.78 is 7.32. The Morgan fingerprint density at radius 1 is 1.28 bits per heavy atom. The van der Waals surface area contributed by atoms with Crippen molar-refractivity contribution in [1.29, 1.82) is 5.26 Å². The highest BCUT2D eigenvalue weighted by atomic mass is 16.5. The molecular formula is C20H18N4O. The topological polar surface area (TPSA) is 62.3 Å². The SMILES string of the molecule is CNc1c(C2=Cc3cc(OC)ccc3C2C)nc2cc(C#N)ccn12. The molecule has 0 aliphatic heterocycles. The van der Waals surface area contributed by atoms with Crippen molar-refractivity contribution in [2.45, 2.75) is 12.8 Å². The van der Waals surface area contributed by atoms with Gasteiger partial charge in [-0.15, -0.1) is 0 Å². The van der Waals surface area contributed by atoms with E-state index < -0.39 is 0 Å². The van der Waals surface area contributed by atoms with Crippen LogP contribution in [0.5, 0.6) is 5.75 Å². The van der Waals surface area contributed by atoms with Crippen LogP contribution in [-0.4, -0.2) is 23.5 Å². The van der Waals surface area contributed by atoms with Gasteiger partial charge in [-0.25, -0.2) is 4.98 Å². The number of allylic oxidation sites excluding steroid dienone is 1. The predicted molar refractivity (Wildman–Crippen MR) is 98.7 cm³/mol. The van der Waals surface area contributed by atoms with Crippen molar-refractivity contribution in [3.05, 3.63) is 58.9 Å². The normalized spacial score (nSPS) is 15.6. The number of rotatable bonds is 3. The summed E-state index contributed by atoms with van der Waals surface area (Å²) in [5.41, 5.74) is 5.88. The Labute approximate surface area is 146 Å². The Balaban J connectivity index is 1.88. The van der Waals surface area contributed by atoms with Gasteiger partial charge in [0, 0.05) is 19.2 Å². The van der Waals surface area contributed by atoms with Crippen molar-refractivity contribution < 1.29 is 4.74 Å². The van der Waals surface area contributed by atoms with E-state index >= 15 is 0 Å². The van der Waals surface area contributed by atoms with E-state index in [4.69, 9.17) is 15.0 Å². The van der Waals surface area contributed by atoms with E-state index in [-0.39, 0.29) is 5.92 Å². The second-order valence-electron chi connectivity index (χ2n) is 6.13. The quantitative estimate of drug-likeness (QED) is 0.791. The standard InChI is InChI=1S/C20H18N4O/c1-12-16-5-4-15(25-3)9-14(16)10-17(12)19-20(22-2)24-7-6-13(11-21)8-18(24)23-19/h4-10,12,22H,1-3H3. The summed E-state index contributed by atoms with van der Waals surface area (Å²) in [6.07, 6.45) is 4.06. The minimum atomic E-state index is 0.244. The lowest BCUT2D eigenvalue weighted by atomic mass is 9.96. The zero-order chi connectivity index (χ0) is 17.6. The highest BCUT2D eigenvalue weighted by Crippen LogP contribution is 2.44. The summed E-state index contributed by atoms with van der Waals surface area (Å²) in [6, 6.07) is 11.9. The summed E-state index contributed by atoms with van der Waals surface area (Å²) >= 11 is 0. The Bertz CT molecular complexity index is 1060. The second-order valence-corrected chi connectivity index (χ2v) is 6.13. The van der Waals surface area contributed by atoms with Crippen LogP contribution in [0.15, 0.2) is 36.5 Å². The van der Waals surface area contributed by atoms with Crippen LogP contribution < -0.4 is 10.1 Å². The number of hydrogen-bond acceptors (Lipinski definition) is 4. The summed E-state index contributed by atoms with van der Waals surface area (Å²) in [7, 11) is 3.57. The van der Waals surface area contributed by atoms with Crippen molar-refractivity contribution in [2.75, 3.05) is 19.5 Å². The number of nitriles is 1. The van der Waals surface area contributed by atoms with E-state index in [9.17, 15) is 0 Å². The number of ether oxygens (including phenoxy) is 1. The molecule has 1 atom stereocenters. The van der Waals surface area contributed by atoms with Crippen molar-refractivity contribution in [3.63, 3.8) is 0 Å². The Morgan fingerprint density at radius 2 is 2.12 bits per heavy atom. The lowest BCUT2D eigenvalue weighted by Crippen LogP contribution is -2.00. The van der Waals surface area contributed by atoms with Crippen molar-refractivity contribution in [3.8, 4) is 11.8 Å². The number of imidazole rings is 1. The van der Waals surface area contributed by atoms with Gasteiger partial charge in [-0.2, -0.15) is 5.26 Å². The Hall–Kier alpha value is -3.26. The molecule has 1 aliphatic rings. The zero-order valence-corrected chi connectivity index (χ0v) is 14.4. The number of pyridine rings is 1. The number of benzene rings is 1. The van der Waals surface area contributed by atoms with E-state index in [1.54, 1.807) is 19.2 Å². The first-order valence-electron chi connectivity index (χ1n) is 8.16. The second kappa shape index (κ2) is 5.67. The van der Waals surface area contributed by atoms with Gasteiger partial charge < -0.3 is 10.1 Å². The van der Waals surface area contributed by atoms with E-state index in [2.05, 4.69) is 36.5 Å². The zero-order valence-electron chi connectivity index (χ0n) is 14.4. The van der Waals surface area contributed by atoms with Crippen LogP contribution >= 0.6 is 0 Å². The molecule has 0 radical (unpaired) electrons. The molecule has 124 valence electrons. The number of nitrogens with one attached hydrogen (secondary N) is 1. The third-order valence-corrected chi connectivity index (χ3v) is 4.80. The molecule has 25 heavy (non-hydrogen) atoms. The van der Waals surface area contributed by atoms with Gasteiger partial charge in [0.05, 0.1) is 18.7 Å². The van der Waals surface area contributed by atoms with Crippen molar-refractivity contribution in [1.82, 2.24) is 9.38 Å². The van der Waals surface area contributed by atoms with Gasteiger partial charge in [0.25, 0.3) is 0 Å². The van der Waals surface area contributed by atoms with E-state index in [0.29, 0.717) is 5.56 Å². The number of hydrogen-bond donors (Lipinski definition) is 1. The fourth-order valence-corrected chi connectivity index (χ4v) is 3.49. The Kier molecular flexibility index (Phi) is 3.47. The summed E-state index contributed by atoms with van der Waals surface area (Å²) in [6.45, 7) is 2.19. The number of fused-ring (bicyclic) bond motifs is 2. The fraction of sp³-hybridized carbons (Fsp3) is 0.200. The first kappa shape index (κ1) is 15.3. The van der Waals surface area contributed by atoms with Crippen LogP contribution in [0.2, 0.25) is 0 Å². The molecule has 0 bridgehead atoms. The Morgan fingerprint density at radius 3 is 2.84 bits per heavy atom. The molecule has 3 aromatic rings. The van der Waals surface area contributed by atoms with Gasteiger partial charge in [-0.05, 0) is 47.0 Å². The van der Waals surface area contributed by atoms with Crippen LogP contribution in [0.25, 0.3) is 17.3 Å². The largest absolute Gasteiger partial charge is 0.497 e. The molecule has 1 aromatic carbocycles. The molecular weight excluding hydrogens is 312 g/mol. The molecule has 1 N–H and O–H groups in total. The van der Waals surface area contributed by atoms with Crippen molar-refractivity contribution in [2.24, 2.45) is 0 Å². The van der Waals surface area contributed by atoms with Crippen LogP contribution in [0, 0.1) is 11.3 Å². The lowest BCUT2D eigenvalue weighted by Gasteiger charge is -2.11. The first-order chi connectivity index (χ1) is 12.2. The highest BCUT2D eigenvalue weighted by molar-refractivity contribution is 5.94. The molecule has 2 heterocycles. The molecule has 5 nitrogen and oxygen atoms in total. The number of methoxy groups -OCH3 is 1. The maximum Gasteiger partial charge on any atom is 0.140 e.